The van der Waals surface area contributed by atoms with Gasteiger partial charge in [-0.25, -0.2) is 4.39 Å². The zero-order valence-corrected chi connectivity index (χ0v) is 15.9. The standard InChI is InChI=1S/C22H21FN4O2/c23-17-5-7-18(8-6-17)25-9-11-26(12-10-25)21(28)14-27-22-16(13-24-27)15-29-20-4-2-1-3-19(20)22/h1-8,13H,9-12,14-15H2. The van der Waals surface area contributed by atoms with E-state index >= 15 is 0 Å². The van der Waals surface area contributed by atoms with Crippen LogP contribution >= 0.6 is 0 Å². The van der Waals surface area contributed by atoms with Crippen LogP contribution in [0.25, 0.3) is 11.3 Å². The highest BCUT2D eigenvalue weighted by Gasteiger charge is 2.26. The molecular weight excluding hydrogens is 371 g/mol. The molecule has 0 unspecified atom stereocenters. The topological polar surface area (TPSA) is 50.6 Å². The quantitative estimate of drug-likeness (QED) is 0.688. The van der Waals surface area contributed by atoms with Gasteiger partial charge in [0, 0.05) is 43.0 Å². The lowest BCUT2D eigenvalue weighted by Crippen LogP contribution is -2.49. The van der Waals surface area contributed by atoms with E-state index in [1.165, 1.54) is 12.1 Å². The van der Waals surface area contributed by atoms with Crippen LogP contribution in [0.4, 0.5) is 10.1 Å². The number of benzene rings is 2. The molecule has 0 N–H and O–H groups in total. The second kappa shape index (κ2) is 7.24. The molecule has 148 valence electrons. The fourth-order valence-corrected chi connectivity index (χ4v) is 4.00. The summed E-state index contributed by atoms with van der Waals surface area (Å²) in [5.74, 6) is 0.637. The summed E-state index contributed by atoms with van der Waals surface area (Å²) >= 11 is 0. The Bertz CT molecular complexity index is 1040. The normalized spacial score (nSPS) is 15.5. The van der Waals surface area contributed by atoms with Crippen LogP contribution < -0.4 is 9.64 Å². The predicted octanol–water partition coefficient (Wildman–Crippen LogP) is 2.93. The molecule has 2 aliphatic heterocycles. The fourth-order valence-electron chi connectivity index (χ4n) is 4.00. The van der Waals surface area contributed by atoms with Crippen molar-refractivity contribution in [1.82, 2.24) is 14.7 Å². The molecule has 3 heterocycles. The van der Waals surface area contributed by atoms with E-state index < -0.39 is 0 Å². The third kappa shape index (κ3) is 3.33. The van der Waals surface area contributed by atoms with Gasteiger partial charge in [-0.15, -0.1) is 0 Å². The number of carbonyl (C=O) groups is 1. The zero-order chi connectivity index (χ0) is 19.8. The molecule has 29 heavy (non-hydrogen) atoms. The molecule has 1 fully saturated rings. The molecule has 5 rings (SSSR count). The first kappa shape index (κ1) is 17.7. The number of nitrogens with zero attached hydrogens (tertiary/aromatic N) is 4. The number of hydrogen-bond donors (Lipinski definition) is 0. The van der Waals surface area contributed by atoms with Gasteiger partial charge in [-0.3, -0.25) is 9.48 Å². The minimum Gasteiger partial charge on any atom is -0.488 e. The van der Waals surface area contributed by atoms with Gasteiger partial charge in [0.05, 0.1) is 11.9 Å². The molecule has 0 spiro atoms. The number of rotatable bonds is 3. The van der Waals surface area contributed by atoms with Gasteiger partial charge in [0.2, 0.25) is 5.91 Å². The average Bonchev–Trinajstić information content (AvgIpc) is 3.18. The van der Waals surface area contributed by atoms with Crippen molar-refractivity contribution < 1.29 is 13.9 Å². The Morgan fingerprint density at radius 1 is 1.03 bits per heavy atom. The second-order valence-electron chi connectivity index (χ2n) is 7.31. The monoisotopic (exact) mass is 392 g/mol. The van der Waals surface area contributed by atoms with Gasteiger partial charge in [-0.1, -0.05) is 12.1 Å². The lowest BCUT2D eigenvalue weighted by molar-refractivity contribution is -0.132. The third-order valence-electron chi connectivity index (χ3n) is 5.55. The van der Waals surface area contributed by atoms with Gasteiger partial charge in [0.1, 0.15) is 24.7 Å². The van der Waals surface area contributed by atoms with E-state index in [4.69, 9.17) is 4.74 Å². The van der Waals surface area contributed by atoms with Crippen LogP contribution in [0.2, 0.25) is 0 Å². The summed E-state index contributed by atoms with van der Waals surface area (Å²) < 4.78 is 20.7. The van der Waals surface area contributed by atoms with Crippen LogP contribution in [0, 0.1) is 5.82 Å². The number of fused-ring (bicyclic) bond motifs is 3. The number of hydrogen-bond acceptors (Lipinski definition) is 4. The van der Waals surface area contributed by atoms with Crippen LogP contribution in [0.5, 0.6) is 5.75 Å². The molecule has 0 bridgehead atoms. The van der Waals surface area contributed by atoms with Gasteiger partial charge in [0.15, 0.2) is 0 Å². The maximum absolute atomic E-state index is 13.1. The number of carbonyl (C=O) groups excluding carboxylic acids is 1. The van der Waals surface area contributed by atoms with E-state index in [0.717, 1.165) is 41.3 Å². The maximum Gasteiger partial charge on any atom is 0.244 e. The van der Waals surface area contributed by atoms with Gasteiger partial charge >= 0.3 is 0 Å². The largest absolute Gasteiger partial charge is 0.488 e. The van der Waals surface area contributed by atoms with Crippen molar-refractivity contribution in [2.75, 3.05) is 31.1 Å². The number of anilines is 1. The Morgan fingerprint density at radius 2 is 1.79 bits per heavy atom. The highest BCUT2D eigenvalue weighted by atomic mass is 19.1. The molecule has 1 amide bonds. The van der Waals surface area contributed by atoms with E-state index in [1.807, 2.05) is 29.2 Å². The Labute approximate surface area is 168 Å². The highest BCUT2D eigenvalue weighted by molar-refractivity contribution is 5.78. The van der Waals surface area contributed by atoms with Gasteiger partial charge < -0.3 is 14.5 Å². The fraction of sp³-hybridized carbons (Fsp3) is 0.273. The highest BCUT2D eigenvalue weighted by Crippen LogP contribution is 2.37. The lowest BCUT2D eigenvalue weighted by atomic mass is 10.0. The third-order valence-corrected chi connectivity index (χ3v) is 5.55. The summed E-state index contributed by atoms with van der Waals surface area (Å²) in [5, 5.41) is 4.45. The van der Waals surface area contributed by atoms with Crippen molar-refractivity contribution in [2.45, 2.75) is 13.2 Å². The molecule has 2 aliphatic rings. The number of ether oxygens (including phenoxy) is 1. The number of piperazine rings is 1. The predicted molar refractivity (Wildman–Crippen MR) is 107 cm³/mol. The summed E-state index contributed by atoms with van der Waals surface area (Å²) in [6, 6.07) is 14.3. The lowest BCUT2D eigenvalue weighted by Gasteiger charge is -2.36. The Kier molecular flexibility index (Phi) is 4.42. The van der Waals surface area contributed by atoms with E-state index in [-0.39, 0.29) is 18.3 Å². The Morgan fingerprint density at radius 3 is 2.59 bits per heavy atom. The SMILES string of the molecule is O=C(Cn1ncc2c1-c1ccccc1OC2)N1CCN(c2ccc(F)cc2)CC1. The van der Waals surface area contributed by atoms with E-state index in [2.05, 4.69) is 10.00 Å². The summed E-state index contributed by atoms with van der Waals surface area (Å²) in [6.45, 7) is 3.41. The number of halogens is 1. The molecule has 3 aromatic rings. The first-order valence-corrected chi connectivity index (χ1v) is 9.74. The molecule has 6 nitrogen and oxygen atoms in total. The molecule has 1 aromatic heterocycles. The number of para-hydroxylation sites is 1. The van der Waals surface area contributed by atoms with Gasteiger partial charge in [-0.05, 0) is 36.4 Å². The van der Waals surface area contributed by atoms with Crippen LogP contribution in [0.3, 0.4) is 0 Å². The Hall–Kier alpha value is -3.35. The first-order chi connectivity index (χ1) is 14.2. The summed E-state index contributed by atoms with van der Waals surface area (Å²) in [7, 11) is 0. The maximum atomic E-state index is 13.1. The second-order valence-corrected chi connectivity index (χ2v) is 7.31. The smallest absolute Gasteiger partial charge is 0.244 e. The molecule has 2 aromatic carbocycles. The van der Waals surface area contributed by atoms with Crippen LogP contribution in [0.15, 0.2) is 54.7 Å². The molecule has 0 radical (unpaired) electrons. The zero-order valence-electron chi connectivity index (χ0n) is 15.9. The molecule has 1 saturated heterocycles. The number of amides is 1. The minimum atomic E-state index is -0.239. The summed E-state index contributed by atoms with van der Waals surface area (Å²) in [4.78, 5) is 17.0. The summed E-state index contributed by atoms with van der Waals surface area (Å²) in [6.07, 6.45) is 1.78. The van der Waals surface area contributed by atoms with Crippen molar-refractivity contribution in [1.29, 1.82) is 0 Å². The van der Waals surface area contributed by atoms with Crippen molar-refractivity contribution in [3.05, 3.63) is 66.1 Å². The van der Waals surface area contributed by atoms with Crippen molar-refractivity contribution in [2.24, 2.45) is 0 Å². The van der Waals surface area contributed by atoms with Crippen LogP contribution in [-0.4, -0.2) is 46.8 Å². The van der Waals surface area contributed by atoms with Crippen LogP contribution in [-0.2, 0) is 17.9 Å². The van der Waals surface area contributed by atoms with E-state index in [9.17, 15) is 9.18 Å². The number of aromatic nitrogens is 2. The van der Waals surface area contributed by atoms with Crippen LogP contribution in [0.1, 0.15) is 5.56 Å². The molecule has 0 saturated carbocycles. The average molecular weight is 392 g/mol. The summed E-state index contributed by atoms with van der Waals surface area (Å²) in [5.41, 5.74) is 3.92. The van der Waals surface area contributed by atoms with E-state index in [0.29, 0.717) is 19.7 Å². The van der Waals surface area contributed by atoms with Crippen molar-refractivity contribution in [3.63, 3.8) is 0 Å². The van der Waals surface area contributed by atoms with E-state index in [1.54, 1.807) is 23.0 Å². The van der Waals surface area contributed by atoms with Crippen molar-refractivity contribution in [3.8, 4) is 17.0 Å². The van der Waals surface area contributed by atoms with Crippen molar-refractivity contribution >= 4 is 11.6 Å². The molecule has 0 atom stereocenters. The molecule has 7 heteroatoms. The molecule has 0 aliphatic carbocycles. The first-order valence-electron chi connectivity index (χ1n) is 9.74. The Balaban J connectivity index is 1.27. The minimum absolute atomic E-state index is 0.0543. The molecular formula is C22H21FN4O2. The van der Waals surface area contributed by atoms with Gasteiger partial charge in [-0.2, -0.15) is 5.10 Å². The van der Waals surface area contributed by atoms with Gasteiger partial charge in [0.25, 0.3) is 0 Å².